The summed E-state index contributed by atoms with van der Waals surface area (Å²) >= 11 is 0. The van der Waals surface area contributed by atoms with Gasteiger partial charge in [0.05, 0.1) is 6.61 Å². The first-order valence-electron chi connectivity index (χ1n) is 5.92. The Balaban J connectivity index is 3.91. The molecule has 0 bridgehead atoms. The van der Waals surface area contributed by atoms with E-state index in [0.29, 0.717) is 6.54 Å². The van der Waals surface area contributed by atoms with Crippen LogP contribution in [0, 0.1) is 5.41 Å². The van der Waals surface area contributed by atoms with Crippen molar-refractivity contribution in [3.63, 3.8) is 0 Å². The number of hydrogen-bond acceptors (Lipinski definition) is 3. The number of nitrogens with one attached hydrogen (secondary N) is 1. The van der Waals surface area contributed by atoms with Gasteiger partial charge in [-0.25, -0.2) is 4.79 Å². The van der Waals surface area contributed by atoms with Gasteiger partial charge in [-0.3, -0.25) is 0 Å². The van der Waals surface area contributed by atoms with Gasteiger partial charge in [0.25, 0.3) is 0 Å². The fourth-order valence-electron chi connectivity index (χ4n) is 1.26. The Labute approximate surface area is 104 Å². The lowest BCUT2D eigenvalue weighted by molar-refractivity contribution is 0.0524. The van der Waals surface area contributed by atoms with E-state index in [1.807, 2.05) is 26.8 Å². The van der Waals surface area contributed by atoms with Crippen LogP contribution < -0.4 is 5.32 Å². The molecule has 0 aliphatic heterocycles. The average Bonchev–Trinajstić information content (AvgIpc) is 2.11. The third kappa shape index (κ3) is 9.87. The highest BCUT2D eigenvalue weighted by Gasteiger charge is 2.17. The van der Waals surface area contributed by atoms with Gasteiger partial charge in [-0.15, -0.1) is 0 Å². The monoisotopic (exact) mass is 243 g/mol. The summed E-state index contributed by atoms with van der Waals surface area (Å²) in [6, 6.07) is 0. The molecule has 0 atom stereocenters. The summed E-state index contributed by atoms with van der Waals surface area (Å²) in [6.45, 7) is 10.2. The molecule has 4 nitrogen and oxygen atoms in total. The molecule has 0 aromatic heterocycles. The molecular formula is C13H25NO3. The Kier molecular flexibility index (Phi) is 6.24. The van der Waals surface area contributed by atoms with Crippen molar-refractivity contribution in [3.05, 3.63) is 12.2 Å². The number of hydrogen-bond donors (Lipinski definition) is 2. The van der Waals surface area contributed by atoms with Crippen molar-refractivity contribution in [1.82, 2.24) is 5.32 Å². The third-order valence-corrected chi connectivity index (χ3v) is 2.11. The Morgan fingerprint density at radius 1 is 1.29 bits per heavy atom. The molecule has 0 aromatic carbocycles. The summed E-state index contributed by atoms with van der Waals surface area (Å²) in [4.78, 5) is 11.4. The molecule has 0 unspecified atom stereocenters. The number of carbonyl (C=O) groups excluding carboxylic acids is 1. The van der Waals surface area contributed by atoms with Crippen molar-refractivity contribution in [2.45, 2.75) is 46.6 Å². The number of aliphatic hydroxyl groups excluding tert-OH is 1. The molecule has 0 rings (SSSR count). The molecule has 0 aliphatic carbocycles. The van der Waals surface area contributed by atoms with E-state index in [9.17, 15) is 4.79 Å². The van der Waals surface area contributed by atoms with E-state index in [1.165, 1.54) is 0 Å². The molecule has 100 valence electrons. The number of alkyl carbamates (subject to hydrolysis) is 1. The highest BCUT2D eigenvalue weighted by Crippen LogP contribution is 2.21. The van der Waals surface area contributed by atoms with Crippen molar-refractivity contribution < 1.29 is 14.6 Å². The molecule has 0 aromatic rings. The second-order valence-corrected chi connectivity index (χ2v) is 5.75. The first-order valence-corrected chi connectivity index (χ1v) is 5.92. The molecule has 0 saturated heterocycles. The molecule has 2 N–H and O–H groups in total. The lowest BCUT2D eigenvalue weighted by atomic mass is 9.89. The zero-order chi connectivity index (χ0) is 13.5. The number of ether oxygens (including phenoxy) is 1. The first-order chi connectivity index (χ1) is 7.66. The summed E-state index contributed by atoms with van der Waals surface area (Å²) in [7, 11) is 0. The van der Waals surface area contributed by atoms with Gasteiger partial charge in [-0.2, -0.15) is 0 Å². The first kappa shape index (κ1) is 16.0. The summed E-state index contributed by atoms with van der Waals surface area (Å²) in [5, 5.41) is 11.4. The van der Waals surface area contributed by atoms with E-state index in [2.05, 4.69) is 19.2 Å². The summed E-state index contributed by atoms with van der Waals surface area (Å²) in [5.41, 5.74) is -0.506. The zero-order valence-corrected chi connectivity index (χ0v) is 11.5. The summed E-state index contributed by atoms with van der Waals surface area (Å²) < 4.78 is 5.13. The van der Waals surface area contributed by atoms with Crippen LogP contribution in [0.3, 0.4) is 0 Å². The molecule has 0 spiro atoms. The van der Waals surface area contributed by atoms with Gasteiger partial charge >= 0.3 is 6.09 Å². The molecule has 4 heteroatoms. The molecule has 0 aliphatic rings. The molecule has 17 heavy (non-hydrogen) atoms. The highest BCUT2D eigenvalue weighted by molar-refractivity contribution is 5.67. The van der Waals surface area contributed by atoms with Gasteiger partial charge in [0.15, 0.2) is 0 Å². The smallest absolute Gasteiger partial charge is 0.407 e. The second-order valence-electron chi connectivity index (χ2n) is 5.75. The van der Waals surface area contributed by atoms with Crippen LogP contribution in [-0.2, 0) is 4.74 Å². The maximum Gasteiger partial charge on any atom is 0.407 e. The van der Waals surface area contributed by atoms with E-state index < -0.39 is 5.60 Å². The summed E-state index contributed by atoms with van der Waals surface area (Å²) in [5.74, 6) is 0. The minimum atomic E-state index is -0.462. The van der Waals surface area contributed by atoms with Crippen LogP contribution in [0.5, 0.6) is 0 Å². The number of rotatable bonds is 5. The molecule has 0 saturated carbocycles. The van der Waals surface area contributed by atoms with Crippen LogP contribution >= 0.6 is 0 Å². The van der Waals surface area contributed by atoms with Crippen molar-refractivity contribution in [2.24, 2.45) is 5.41 Å². The Morgan fingerprint density at radius 2 is 1.88 bits per heavy atom. The van der Waals surface area contributed by atoms with E-state index in [4.69, 9.17) is 9.84 Å². The van der Waals surface area contributed by atoms with Crippen LogP contribution in [0.15, 0.2) is 12.2 Å². The number of allylic oxidation sites excluding steroid dienone is 1. The predicted octanol–water partition coefficient (Wildman–Crippen LogP) is 2.48. The van der Waals surface area contributed by atoms with Gasteiger partial charge in [0.2, 0.25) is 0 Å². The van der Waals surface area contributed by atoms with Crippen molar-refractivity contribution in [3.8, 4) is 0 Å². The van der Waals surface area contributed by atoms with Crippen LogP contribution in [0.25, 0.3) is 0 Å². The zero-order valence-electron chi connectivity index (χ0n) is 11.5. The van der Waals surface area contributed by atoms with E-state index in [0.717, 1.165) is 6.42 Å². The topological polar surface area (TPSA) is 58.6 Å². The lowest BCUT2D eigenvalue weighted by Crippen LogP contribution is -2.34. The molecule has 0 heterocycles. The molecular weight excluding hydrogens is 218 g/mol. The normalized spacial score (nSPS) is 12.8. The van der Waals surface area contributed by atoms with E-state index >= 15 is 0 Å². The molecule has 0 fully saturated rings. The number of carbonyl (C=O) groups is 1. The molecule has 0 radical (unpaired) electrons. The van der Waals surface area contributed by atoms with Gasteiger partial charge in [-0.1, -0.05) is 26.0 Å². The standard InChI is InChI=1S/C13H25NO3/c1-12(2,3)17-11(16)14-9-8-13(4,5)7-6-10-15/h6-7,15H,8-10H2,1-5H3,(H,14,16). The predicted molar refractivity (Wildman–Crippen MR) is 68.9 cm³/mol. The Bertz CT molecular complexity index is 264. The van der Waals surface area contributed by atoms with Crippen LogP contribution in [0.4, 0.5) is 4.79 Å². The Hall–Kier alpha value is -1.03. The molecule has 1 amide bonds. The minimum Gasteiger partial charge on any atom is -0.444 e. The van der Waals surface area contributed by atoms with Gasteiger partial charge in [0, 0.05) is 6.54 Å². The van der Waals surface area contributed by atoms with Gasteiger partial charge in [0.1, 0.15) is 5.60 Å². The van der Waals surface area contributed by atoms with Crippen molar-refractivity contribution in [1.29, 1.82) is 0 Å². The maximum absolute atomic E-state index is 11.4. The average molecular weight is 243 g/mol. The Morgan fingerprint density at radius 3 is 2.35 bits per heavy atom. The summed E-state index contributed by atoms with van der Waals surface area (Å²) in [6.07, 6.45) is 4.07. The van der Waals surface area contributed by atoms with E-state index in [1.54, 1.807) is 6.08 Å². The lowest BCUT2D eigenvalue weighted by Gasteiger charge is -2.22. The van der Waals surface area contributed by atoms with Gasteiger partial charge in [-0.05, 0) is 32.6 Å². The highest BCUT2D eigenvalue weighted by atomic mass is 16.6. The van der Waals surface area contributed by atoms with Crippen LogP contribution in [-0.4, -0.2) is 30.0 Å². The van der Waals surface area contributed by atoms with Crippen LogP contribution in [0.1, 0.15) is 41.0 Å². The second kappa shape index (κ2) is 6.64. The SMILES string of the molecule is CC(C)(C=CCO)CCNC(=O)OC(C)(C)C. The maximum atomic E-state index is 11.4. The van der Waals surface area contributed by atoms with Crippen molar-refractivity contribution >= 4 is 6.09 Å². The fraction of sp³-hybridized carbons (Fsp3) is 0.769. The quantitative estimate of drug-likeness (QED) is 0.729. The van der Waals surface area contributed by atoms with E-state index in [-0.39, 0.29) is 18.1 Å². The third-order valence-electron chi connectivity index (χ3n) is 2.11. The minimum absolute atomic E-state index is 0.0439. The number of aliphatic hydroxyl groups is 1. The fourth-order valence-corrected chi connectivity index (χ4v) is 1.26. The van der Waals surface area contributed by atoms with Crippen LogP contribution in [0.2, 0.25) is 0 Å². The largest absolute Gasteiger partial charge is 0.444 e. The van der Waals surface area contributed by atoms with Crippen molar-refractivity contribution in [2.75, 3.05) is 13.2 Å². The number of amides is 1. The van der Waals surface area contributed by atoms with Gasteiger partial charge < -0.3 is 15.2 Å².